The van der Waals surface area contributed by atoms with Crippen LogP contribution in [0.2, 0.25) is 0 Å². The van der Waals surface area contributed by atoms with Crippen LogP contribution in [-0.4, -0.2) is 20.2 Å². The molecule has 0 amide bonds. The minimum atomic E-state index is -0.468. The van der Waals surface area contributed by atoms with Crippen LogP contribution in [0, 0.1) is 0 Å². The van der Waals surface area contributed by atoms with Gasteiger partial charge >= 0.3 is 5.97 Å². The second-order valence-corrected chi connectivity index (χ2v) is 3.81. The Morgan fingerprint density at radius 1 is 1.27 bits per heavy atom. The van der Waals surface area contributed by atoms with E-state index in [-0.39, 0.29) is 0 Å². The standard InChI is InChI=1S/C10H9BrO4/c1-13-5-3-4-6(14-2)8-7(5)9(11)15-10(8)12/h3-4,9H,1-2H3. The summed E-state index contributed by atoms with van der Waals surface area (Å²) in [5.74, 6) is 0.707. The van der Waals surface area contributed by atoms with Crippen molar-refractivity contribution in [2.24, 2.45) is 0 Å². The van der Waals surface area contributed by atoms with E-state index in [0.717, 1.165) is 0 Å². The monoisotopic (exact) mass is 272 g/mol. The predicted octanol–water partition coefficient (Wildman–Crippen LogP) is 2.27. The summed E-state index contributed by atoms with van der Waals surface area (Å²) >= 11 is 3.25. The molecule has 0 bridgehead atoms. The van der Waals surface area contributed by atoms with Crippen LogP contribution in [0.3, 0.4) is 0 Å². The number of hydrogen-bond acceptors (Lipinski definition) is 4. The molecule has 80 valence electrons. The molecule has 1 aliphatic heterocycles. The molecule has 1 unspecified atom stereocenters. The first-order valence-corrected chi connectivity index (χ1v) is 5.20. The fourth-order valence-corrected chi connectivity index (χ4v) is 2.20. The van der Waals surface area contributed by atoms with E-state index in [2.05, 4.69) is 15.9 Å². The number of carbonyl (C=O) groups is 1. The van der Waals surface area contributed by atoms with Crippen molar-refractivity contribution >= 4 is 21.9 Å². The minimum Gasteiger partial charge on any atom is -0.496 e. The maximum Gasteiger partial charge on any atom is 0.344 e. The number of halogens is 1. The van der Waals surface area contributed by atoms with E-state index in [1.807, 2.05) is 0 Å². The number of esters is 1. The van der Waals surface area contributed by atoms with Crippen molar-refractivity contribution in [1.82, 2.24) is 0 Å². The number of fused-ring (bicyclic) bond motifs is 1. The largest absolute Gasteiger partial charge is 0.496 e. The minimum absolute atomic E-state index is 0.400. The number of cyclic esters (lactones) is 1. The molecular weight excluding hydrogens is 264 g/mol. The lowest BCUT2D eigenvalue weighted by Gasteiger charge is -2.09. The maximum atomic E-state index is 11.5. The van der Waals surface area contributed by atoms with Crippen LogP contribution in [-0.2, 0) is 4.74 Å². The van der Waals surface area contributed by atoms with E-state index >= 15 is 0 Å². The Hall–Kier alpha value is -1.23. The molecule has 15 heavy (non-hydrogen) atoms. The van der Waals surface area contributed by atoms with Gasteiger partial charge in [-0.05, 0) is 28.1 Å². The average molecular weight is 273 g/mol. The molecule has 1 heterocycles. The molecule has 4 nitrogen and oxygen atoms in total. The Labute approximate surface area is 95.3 Å². The van der Waals surface area contributed by atoms with Crippen molar-refractivity contribution in [3.05, 3.63) is 23.3 Å². The fraction of sp³-hybridized carbons (Fsp3) is 0.300. The zero-order chi connectivity index (χ0) is 11.0. The van der Waals surface area contributed by atoms with Crippen molar-refractivity contribution in [1.29, 1.82) is 0 Å². The molecule has 1 atom stereocenters. The molecule has 0 saturated carbocycles. The number of alkyl halides is 1. The first-order chi connectivity index (χ1) is 7.19. The first kappa shape index (κ1) is 10.3. The lowest BCUT2D eigenvalue weighted by atomic mass is 10.1. The first-order valence-electron chi connectivity index (χ1n) is 4.29. The van der Waals surface area contributed by atoms with Crippen LogP contribution in [0.15, 0.2) is 12.1 Å². The molecule has 1 aliphatic rings. The smallest absolute Gasteiger partial charge is 0.344 e. The highest BCUT2D eigenvalue weighted by molar-refractivity contribution is 9.09. The molecule has 5 heteroatoms. The van der Waals surface area contributed by atoms with Crippen molar-refractivity contribution in [3.63, 3.8) is 0 Å². The molecule has 1 aromatic carbocycles. The second-order valence-electron chi connectivity index (χ2n) is 2.98. The summed E-state index contributed by atoms with van der Waals surface area (Å²) in [4.78, 5) is 11.5. The summed E-state index contributed by atoms with van der Waals surface area (Å²) in [6.45, 7) is 0. The number of hydrogen-bond donors (Lipinski definition) is 0. The lowest BCUT2D eigenvalue weighted by Crippen LogP contribution is -1.99. The summed E-state index contributed by atoms with van der Waals surface area (Å²) < 4.78 is 15.3. The van der Waals surface area contributed by atoms with Gasteiger partial charge in [-0.1, -0.05) is 0 Å². The Morgan fingerprint density at radius 2 is 1.87 bits per heavy atom. The molecule has 2 rings (SSSR count). The Morgan fingerprint density at radius 3 is 2.47 bits per heavy atom. The van der Waals surface area contributed by atoms with Gasteiger partial charge in [-0.3, -0.25) is 0 Å². The number of ether oxygens (including phenoxy) is 3. The molecular formula is C10H9BrO4. The summed E-state index contributed by atoms with van der Waals surface area (Å²) in [5.41, 5.74) is 1.11. The van der Waals surface area contributed by atoms with Gasteiger partial charge in [0, 0.05) is 0 Å². The van der Waals surface area contributed by atoms with E-state index in [0.29, 0.717) is 22.6 Å². The molecule has 0 aliphatic carbocycles. The van der Waals surface area contributed by atoms with Crippen molar-refractivity contribution in [2.75, 3.05) is 14.2 Å². The lowest BCUT2D eigenvalue weighted by molar-refractivity contribution is 0.0527. The normalized spacial score (nSPS) is 18.3. The maximum absolute atomic E-state index is 11.5. The number of carbonyl (C=O) groups excluding carboxylic acids is 1. The molecule has 0 fully saturated rings. The van der Waals surface area contributed by atoms with E-state index in [1.165, 1.54) is 7.11 Å². The summed E-state index contributed by atoms with van der Waals surface area (Å²) in [5, 5.41) is -0.468. The van der Waals surface area contributed by atoms with Gasteiger partial charge in [-0.2, -0.15) is 0 Å². The van der Waals surface area contributed by atoms with Gasteiger partial charge in [0.05, 0.1) is 19.8 Å². The molecule has 0 aromatic heterocycles. The predicted molar refractivity (Wildman–Crippen MR) is 56.6 cm³/mol. The van der Waals surface area contributed by atoms with E-state index < -0.39 is 11.0 Å². The van der Waals surface area contributed by atoms with Crippen molar-refractivity contribution < 1.29 is 19.0 Å². The van der Waals surface area contributed by atoms with Crippen LogP contribution in [0.25, 0.3) is 0 Å². The highest BCUT2D eigenvalue weighted by Gasteiger charge is 2.35. The Kier molecular flexibility index (Phi) is 2.56. The van der Waals surface area contributed by atoms with Crippen LogP contribution in [0.4, 0.5) is 0 Å². The van der Waals surface area contributed by atoms with Crippen LogP contribution < -0.4 is 9.47 Å². The van der Waals surface area contributed by atoms with Crippen molar-refractivity contribution in [3.8, 4) is 11.5 Å². The van der Waals surface area contributed by atoms with Crippen molar-refractivity contribution in [2.45, 2.75) is 5.01 Å². The van der Waals surface area contributed by atoms with Gasteiger partial charge in [-0.15, -0.1) is 0 Å². The highest BCUT2D eigenvalue weighted by Crippen LogP contribution is 2.44. The third-order valence-corrected chi connectivity index (χ3v) is 2.89. The van der Waals surface area contributed by atoms with E-state index in [4.69, 9.17) is 14.2 Å². The summed E-state index contributed by atoms with van der Waals surface area (Å²) in [7, 11) is 3.06. The zero-order valence-corrected chi connectivity index (χ0v) is 9.83. The third kappa shape index (κ3) is 1.47. The summed E-state index contributed by atoms with van der Waals surface area (Å²) in [6, 6.07) is 3.43. The summed E-state index contributed by atoms with van der Waals surface area (Å²) in [6.07, 6.45) is 0. The van der Waals surface area contributed by atoms with Gasteiger partial charge in [0.25, 0.3) is 0 Å². The van der Waals surface area contributed by atoms with Gasteiger partial charge in [0.15, 0.2) is 5.01 Å². The zero-order valence-electron chi connectivity index (χ0n) is 8.24. The molecule has 0 spiro atoms. The van der Waals surface area contributed by atoms with Gasteiger partial charge in [0.1, 0.15) is 17.1 Å². The van der Waals surface area contributed by atoms with Crippen LogP contribution >= 0.6 is 15.9 Å². The highest BCUT2D eigenvalue weighted by atomic mass is 79.9. The molecule has 0 N–H and O–H groups in total. The van der Waals surface area contributed by atoms with Gasteiger partial charge in [0.2, 0.25) is 0 Å². The fourth-order valence-electron chi connectivity index (χ4n) is 1.58. The third-order valence-electron chi connectivity index (χ3n) is 2.25. The second kappa shape index (κ2) is 3.73. The Bertz CT molecular complexity index is 416. The SMILES string of the molecule is COc1ccc(OC)c2c1C(=O)OC2Br. The van der Waals surface area contributed by atoms with E-state index in [1.54, 1.807) is 19.2 Å². The molecule has 1 aromatic rings. The van der Waals surface area contributed by atoms with Gasteiger partial charge < -0.3 is 14.2 Å². The molecule has 0 saturated heterocycles. The topological polar surface area (TPSA) is 44.8 Å². The van der Waals surface area contributed by atoms with Crippen LogP contribution in [0.5, 0.6) is 11.5 Å². The number of benzene rings is 1. The Balaban J connectivity index is 2.67. The average Bonchev–Trinajstić information content (AvgIpc) is 2.54. The quantitative estimate of drug-likeness (QED) is 0.612. The van der Waals surface area contributed by atoms with Crippen LogP contribution in [0.1, 0.15) is 20.9 Å². The van der Waals surface area contributed by atoms with Gasteiger partial charge in [-0.25, -0.2) is 4.79 Å². The van der Waals surface area contributed by atoms with E-state index in [9.17, 15) is 4.79 Å². The molecule has 0 radical (unpaired) electrons. The number of methoxy groups -OCH3 is 2. The number of rotatable bonds is 2.